The minimum atomic E-state index is -0.505. The molecule has 1 N–H and O–H groups in total. The molecular formula is C20H13BrN4O4. The second-order valence-corrected chi connectivity index (χ2v) is 7.11. The van der Waals surface area contributed by atoms with E-state index in [1.54, 1.807) is 59.3 Å². The highest BCUT2D eigenvalue weighted by Gasteiger charge is 2.34. The Morgan fingerprint density at radius 3 is 2.28 bits per heavy atom. The van der Waals surface area contributed by atoms with Gasteiger partial charge >= 0.3 is 0 Å². The molecule has 0 unspecified atom stereocenters. The van der Waals surface area contributed by atoms with Gasteiger partial charge in [0.25, 0.3) is 17.5 Å². The Bertz CT molecular complexity index is 1150. The third-order valence-electron chi connectivity index (χ3n) is 4.39. The van der Waals surface area contributed by atoms with Crippen molar-refractivity contribution in [1.29, 1.82) is 0 Å². The molecule has 1 fully saturated rings. The lowest BCUT2D eigenvalue weighted by atomic mass is 10.2. The van der Waals surface area contributed by atoms with Crippen LogP contribution in [0.15, 0.2) is 76.9 Å². The first kappa shape index (κ1) is 18.6. The van der Waals surface area contributed by atoms with Gasteiger partial charge in [0.15, 0.2) is 0 Å². The van der Waals surface area contributed by atoms with Gasteiger partial charge in [-0.15, -0.1) is 0 Å². The lowest BCUT2D eigenvalue weighted by molar-refractivity contribution is -0.384. The Kier molecular flexibility index (Phi) is 4.73. The number of nitrogens with zero attached hydrogens (tertiary/aromatic N) is 3. The van der Waals surface area contributed by atoms with Crippen molar-refractivity contribution in [1.82, 2.24) is 9.99 Å². The molecule has 29 heavy (non-hydrogen) atoms. The molecule has 2 heterocycles. The van der Waals surface area contributed by atoms with Gasteiger partial charge in [-0.3, -0.25) is 25.1 Å². The zero-order valence-electron chi connectivity index (χ0n) is 14.8. The van der Waals surface area contributed by atoms with Crippen LogP contribution in [0.25, 0.3) is 11.8 Å². The molecule has 0 aliphatic carbocycles. The zero-order valence-corrected chi connectivity index (χ0v) is 16.4. The number of hydrogen-bond acceptors (Lipinski definition) is 4. The molecule has 8 nitrogen and oxygen atoms in total. The average Bonchev–Trinajstić information content (AvgIpc) is 3.29. The quantitative estimate of drug-likeness (QED) is 0.283. The highest BCUT2D eigenvalue weighted by molar-refractivity contribution is 9.10. The number of hydrogen-bond donors (Lipinski definition) is 1. The number of hydrazine groups is 1. The Morgan fingerprint density at radius 2 is 1.62 bits per heavy atom. The number of aromatic nitrogens is 1. The number of non-ortho nitro benzene ring substituents is 1. The summed E-state index contributed by atoms with van der Waals surface area (Å²) in [6, 6.07) is 16.5. The molecule has 9 heteroatoms. The molecule has 2 aromatic carbocycles. The number of amides is 2. The van der Waals surface area contributed by atoms with E-state index in [1.807, 2.05) is 0 Å². The largest absolute Gasteiger partial charge is 0.317 e. The van der Waals surface area contributed by atoms with Crippen molar-refractivity contribution >= 4 is 45.2 Å². The number of nitro benzene ring substituents is 1. The van der Waals surface area contributed by atoms with Crippen LogP contribution in [0, 0.1) is 10.1 Å². The first-order valence-electron chi connectivity index (χ1n) is 8.49. The van der Waals surface area contributed by atoms with E-state index in [-0.39, 0.29) is 11.3 Å². The van der Waals surface area contributed by atoms with Crippen LogP contribution < -0.4 is 10.4 Å². The van der Waals surface area contributed by atoms with Crippen LogP contribution in [0.1, 0.15) is 5.69 Å². The number of benzene rings is 2. The van der Waals surface area contributed by atoms with Crippen molar-refractivity contribution in [2.45, 2.75) is 0 Å². The van der Waals surface area contributed by atoms with Gasteiger partial charge in [0, 0.05) is 34.2 Å². The normalized spacial score (nSPS) is 15.1. The first-order valence-corrected chi connectivity index (χ1v) is 9.28. The van der Waals surface area contributed by atoms with Gasteiger partial charge in [-0.1, -0.05) is 15.9 Å². The maximum absolute atomic E-state index is 12.8. The summed E-state index contributed by atoms with van der Waals surface area (Å²) < 4.78 is 2.59. The van der Waals surface area contributed by atoms with Crippen molar-refractivity contribution < 1.29 is 14.5 Å². The molecule has 144 valence electrons. The Hall–Kier alpha value is -3.72. The highest BCUT2D eigenvalue weighted by Crippen LogP contribution is 2.24. The van der Waals surface area contributed by atoms with Gasteiger partial charge in [-0.25, -0.2) is 5.01 Å². The molecule has 0 radical (unpaired) electrons. The Labute approximate surface area is 173 Å². The van der Waals surface area contributed by atoms with Gasteiger partial charge in [0.2, 0.25) is 0 Å². The van der Waals surface area contributed by atoms with Crippen molar-refractivity contribution in [3.8, 4) is 5.69 Å². The van der Waals surface area contributed by atoms with Crippen LogP contribution in [0.4, 0.5) is 11.4 Å². The number of halogens is 1. The van der Waals surface area contributed by atoms with Crippen LogP contribution in [-0.2, 0) is 9.59 Å². The predicted octanol–water partition coefficient (Wildman–Crippen LogP) is 3.61. The van der Waals surface area contributed by atoms with Crippen molar-refractivity contribution in [3.63, 3.8) is 0 Å². The molecule has 0 saturated carbocycles. The maximum Gasteiger partial charge on any atom is 0.282 e. The third-order valence-corrected chi connectivity index (χ3v) is 4.92. The number of nitro groups is 1. The van der Waals surface area contributed by atoms with Gasteiger partial charge in [-0.2, -0.15) is 0 Å². The fraction of sp³-hybridized carbons (Fsp3) is 0. The number of rotatable bonds is 4. The second kappa shape index (κ2) is 7.36. The highest BCUT2D eigenvalue weighted by atomic mass is 79.9. The summed E-state index contributed by atoms with van der Waals surface area (Å²) in [5.41, 5.74) is 4.34. The van der Waals surface area contributed by atoms with E-state index < -0.39 is 16.7 Å². The number of carbonyl (C=O) groups is 2. The summed E-state index contributed by atoms with van der Waals surface area (Å²) in [5, 5.41) is 12.0. The fourth-order valence-electron chi connectivity index (χ4n) is 2.96. The monoisotopic (exact) mass is 452 g/mol. The molecule has 0 bridgehead atoms. The van der Waals surface area contributed by atoms with Gasteiger partial charge in [-0.05, 0) is 54.6 Å². The van der Waals surface area contributed by atoms with Gasteiger partial charge in [0.1, 0.15) is 5.57 Å². The Balaban J connectivity index is 1.66. The summed E-state index contributed by atoms with van der Waals surface area (Å²) in [4.78, 5) is 35.5. The van der Waals surface area contributed by atoms with E-state index in [9.17, 15) is 19.7 Å². The second-order valence-electron chi connectivity index (χ2n) is 6.19. The van der Waals surface area contributed by atoms with Crippen molar-refractivity contribution in [3.05, 3.63) is 92.7 Å². The van der Waals surface area contributed by atoms with Crippen LogP contribution in [-0.4, -0.2) is 21.3 Å². The van der Waals surface area contributed by atoms with Crippen LogP contribution in [0.2, 0.25) is 0 Å². The molecule has 1 aromatic heterocycles. The van der Waals surface area contributed by atoms with E-state index in [2.05, 4.69) is 21.4 Å². The zero-order chi connectivity index (χ0) is 20.5. The van der Waals surface area contributed by atoms with E-state index >= 15 is 0 Å². The summed E-state index contributed by atoms with van der Waals surface area (Å²) in [7, 11) is 0. The predicted molar refractivity (Wildman–Crippen MR) is 110 cm³/mol. The number of anilines is 1. The maximum atomic E-state index is 12.8. The summed E-state index contributed by atoms with van der Waals surface area (Å²) in [6.07, 6.45) is 3.25. The molecular weight excluding hydrogens is 440 g/mol. The standard InChI is InChI=1S/C20H13BrN4O4/c21-13-3-5-15(6-4-13)24-20(27)18(19(26)22-24)12-17-2-1-11-23(17)14-7-9-16(10-8-14)25(28)29/h1-12H,(H,22,26)/b18-12+. The number of nitrogens with one attached hydrogen (secondary N) is 1. The molecule has 1 aliphatic heterocycles. The minimum Gasteiger partial charge on any atom is -0.317 e. The van der Waals surface area contributed by atoms with E-state index in [0.717, 1.165) is 4.47 Å². The molecule has 1 saturated heterocycles. The van der Waals surface area contributed by atoms with E-state index in [1.165, 1.54) is 23.2 Å². The average molecular weight is 453 g/mol. The molecule has 2 amide bonds. The molecule has 3 aromatic rings. The lowest BCUT2D eigenvalue weighted by Gasteiger charge is -2.14. The van der Waals surface area contributed by atoms with Gasteiger partial charge < -0.3 is 4.57 Å². The molecule has 1 aliphatic rings. The molecule has 0 spiro atoms. The van der Waals surface area contributed by atoms with Gasteiger partial charge in [0.05, 0.1) is 10.6 Å². The summed E-state index contributed by atoms with van der Waals surface area (Å²) in [5.74, 6) is -0.969. The van der Waals surface area contributed by atoms with Crippen molar-refractivity contribution in [2.24, 2.45) is 0 Å². The third kappa shape index (κ3) is 3.55. The minimum absolute atomic E-state index is 0.00483. The van der Waals surface area contributed by atoms with E-state index in [0.29, 0.717) is 17.1 Å². The van der Waals surface area contributed by atoms with Crippen LogP contribution >= 0.6 is 15.9 Å². The molecule has 0 atom stereocenters. The van der Waals surface area contributed by atoms with Crippen LogP contribution in [0.3, 0.4) is 0 Å². The van der Waals surface area contributed by atoms with Crippen LogP contribution in [0.5, 0.6) is 0 Å². The summed E-state index contributed by atoms with van der Waals surface area (Å²) >= 11 is 3.33. The smallest absolute Gasteiger partial charge is 0.282 e. The first-order chi connectivity index (χ1) is 13.9. The molecule has 4 rings (SSSR count). The Morgan fingerprint density at radius 1 is 0.966 bits per heavy atom. The fourth-order valence-corrected chi connectivity index (χ4v) is 3.22. The topological polar surface area (TPSA) is 97.5 Å². The SMILES string of the molecule is O=C1NN(c2ccc(Br)cc2)C(=O)/C1=C/c1cccn1-c1ccc([N+](=O)[O-])cc1. The van der Waals surface area contributed by atoms with E-state index in [4.69, 9.17) is 0 Å². The summed E-state index contributed by atoms with van der Waals surface area (Å²) in [6.45, 7) is 0. The number of carbonyl (C=O) groups excluding carboxylic acids is 2. The lowest BCUT2D eigenvalue weighted by Crippen LogP contribution is -2.35. The van der Waals surface area contributed by atoms with Crippen molar-refractivity contribution in [2.75, 3.05) is 5.01 Å².